The van der Waals surface area contributed by atoms with Crippen LogP contribution in [0.5, 0.6) is 5.75 Å². The number of aliphatic hydroxyl groups excluding tert-OH is 1. The van der Waals surface area contributed by atoms with Gasteiger partial charge in [0.05, 0.1) is 6.20 Å². The summed E-state index contributed by atoms with van der Waals surface area (Å²) in [6, 6.07) is 5.87. The Kier molecular flexibility index (Phi) is 5.26. The van der Waals surface area contributed by atoms with Gasteiger partial charge in [0.15, 0.2) is 5.82 Å². The number of fused-ring (bicyclic) bond motifs is 1. The number of nitrogens with one attached hydrogen (secondary N) is 2. The third kappa shape index (κ3) is 4.01. The lowest BCUT2D eigenvalue weighted by molar-refractivity contribution is 0.105. The van der Waals surface area contributed by atoms with Crippen LogP contribution in [0, 0.1) is 0 Å². The van der Waals surface area contributed by atoms with Crippen molar-refractivity contribution in [2.24, 2.45) is 5.84 Å². The maximum absolute atomic E-state index is 9.88. The molecule has 0 spiro atoms. The predicted octanol–water partition coefficient (Wildman–Crippen LogP) is 0.653. The van der Waals surface area contributed by atoms with Gasteiger partial charge in [-0.1, -0.05) is 26.0 Å². The number of anilines is 1. The molecule has 0 bridgehead atoms. The second kappa shape index (κ2) is 7.16. The van der Waals surface area contributed by atoms with Crippen molar-refractivity contribution in [1.82, 2.24) is 15.5 Å². The number of nitrogen functional groups attached to an aromatic ring is 1. The first-order chi connectivity index (χ1) is 10.1. The van der Waals surface area contributed by atoms with Crippen molar-refractivity contribution in [3.8, 4) is 5.75 Å². The van der Waals surface area contributed by atoms with Crippen LogP contribution in [0.3, 0.4) is 0 Å². The van der Waals surface area contributed by atoms with Crippen LogP contribution in [-0.2, 0) is 0 Å². The van der Waals surface area contributed by atoms with Crippen LogP contribution in [0.25, 0.3) is 10.8 Å². The summed E-state index contributed by atoms with van der Waals surface area (Å²) in [6.07, 6.45) is 1.04. The minimum Gasteiger partial charge on any atom is -0.490 e. The molecule has 1 unspecified atom stereocenters. The summed E-state index contributed by atoms with van der Waals surface area (Å²) < 4.78 is 5.69. The summed E-state index contributed by atoms with van der Waals surface area (Å²) in [7, 11) is 0. The average Bonchev–Trinajstić information content (AvgIpc) is 2.50. The van der Waals surface area contributed by atoms with E-state index in [9.17, 15) is 5.11 Å². The number of hydrogen-bond donors (Lipinski definition) is 4. The lowest BCUT2D eigenvalue weighted by Crippen LogP contribution is -2.35. The van der Waals surface area contributed by atoms with Gasteiger partial charge < -0.3 is 20.6 Å². The molecule has 1 aromatic heterocycles. The van der Waals surface area contributed by atoms with Gasteiger partial charge >= 0.3 is 0 Å². The molecule has 2 aromatic rings. The molecule has 5 N–H and O–H groups in total. The zero-order valence-electron chi connectivity index (χ0n) is 12.2. The topological polar surface area (TPSA) is 105 Å². The summed E-state index contributed by atoms with van der Waals surface area (Å²) >= 11 is 0. The number of aromatic nitrogens is 2. The highest BCUT2D eigenvalue weighted by Gasteiger charge is 2.10. The number of ether oxygens (including phenoxy) is 1. The summed E-state index contributed by atoms with van der Waals surface area (Å²) in [4.78, 5) is 0. The van der Waals surface area contributed by atoms with Gasteiger partial charge in [0.25, 0.3) is 0 Å². The van der Waals surface area contributed by atoms with Crippen molar-refractivity contribution >= 4 is 16.6 Å². The Morgan fingerprint density at radius 2 is 2.14 bits per heavy atom. The van der Waals surface area contributed by atoms with Gasteiger partial charge in [-0.05, 0) is 6.07 Å². The second-order valence-electron chi connectivity index (χ2n) is 5.08. The lowest BCUT2D eigenvalue weighted by atomic mass is 10.1. The number of nitrogens with two attached hydrogens (primary N) is 1. The largest absolute Gasteiger partial charge is 0.490 e. The number of rotatable bonds is 7. The van der Waals surface area contributed by atoms with Crippen LogP contribution in [0.15, 0.2) is 24.4 Å². The normalized spacial score (nSPS) is 12.6. The van der Waals surface area contributed by atoms with Crippen molar-refractivity contribution in [3.05, 3.63) is 24.4 Å². The quantitative estimate of drug-likeness (QED) is 0.438. The van der Waals surface area contributed by atoms with Crippen LogP contribution in [0.4, 0.5) is 5.82 Å². The van der Waals surface area contributed by atoms with Crippen LogP contribution in [0.1, 0.15) is 13.8 Å². The molecule has 0 aliphatic carbocycles. The highest BCUT2D eigenvalue weighted by Crippen LogP contribution is 2.28. The van der Waals surface area contributed by atoms with E-state index in [1.54, 1.807) is 6.20 Å². The predicted molar refractivity (Wildman–Crippen MR) is 82.0 cm³/mol. The van der Waals surface area contributed by atoms with E-state index in [4.69, 9.17) is 10.6 Å². The van der Waals surface area contributed by atoms with Crippen LogP contribution < -0.4 is 21.3 Å². The lowest BCUT2D eigenvalue weighted by Gasteiger charge is -2.16. The third-order valence-corrected chi connectivity index (χ3v) is 3.00. The Hall–Kier alpha value is -1.96. The van der Waals surface area contributed by atoms with E-state index >= 15 is 0 Å². The molecule has 0 saturated heterocycles. The average molecular weight is 291 g/mol. The van der Waals surface area contributed by atoms with E-state index in [1.165, 1.54) is 0 Å². The van der Waals surface area contributed by atoms with E-state index < -0.39 is 6.10 Å². The Bertz CT molecular complexity index is 591. The van der Waals surface area contributed by atoms with Gasteiger partial charge in [-0.3, -0.25) is 0 Å². The first-order valence-corrected chi connectivity index (χ1v) is 6.87. The summed E-state index contributed by atoms with van der Waals surface area (Å²) in [5.74, 6) is 6.54. The highest BCUT2D eigenvalue weighted by molar-refractivity contribution is 5.94. The van der Waals surface area contributed by atoms with Gasteiger partial charge in [0.1, 0.15) is 18.5 Å². The molecule has 114 valence electrons. The summed E-state index contributed by atoms with van der Waals surface area (Å²) in [5.41, 5.74) is 2.51. The first-order valence-electron chi connectivity index (χ1n) is 6.87. The van der Waals surface area contributed by atoms with E-state index in [2.05, 4.69) is 20.9 Å². The van der Waals surface area contributed by atoms with E-state index in [1.807, 2.05) is 32.0 Å². The zero-order chi connectivity index (χ0) is 15.2. The highest BCUT2D eigenvalue weighted by atomic mass is 16.5. The molecule has 0 saturated carbocycles. The van der Waals surface area contributed by atoms with Gasteiger partial charge in [-0.25, -0.2) is 5.84 Å². The summed E-state index contributed by atoms with van der Waals surface area (Å²) in [6.45, 7) is 4.74. The van der Waals surface area contributed by atoms with Crippen molar-refractivity contribution in [2.45, 2.75) is 26.0 Å². The van der Waals surface area contributed by atoms with E-state index in [0.29, 0.717) is 24.2 Å². The molecule has 7 nitrogen and oxygen atoms in total. The van der Waals surface area contributed by atoms with E-state index in [0.717, 1.165) is 10.8 Å². The molecule has 1 aromatic carbocycles. The monoisotopic (exact) mass is 291 g/mol. The fraction of sp³-hybridized carbons (Fsp3) is 0.429. The number of hydrazine groups is 1. The minimum atomic E-state index is -0.579. The standard InChI is InChI=1S/C14H21N5O2/c1-9(2)16-6-10(20)8-21-13-5-3-4-11-12(13)7-17-19-14(11)18-15/h3-5,7,9-10,16,20H,6,8,15H2,1-2H3,(H,18,19). The van der Waals surface area contributed by atoms with Gasteiger partial charge in [-0.15, -0.1) is 5.10 Å². The molecule has 2 rings (SSSR count). The molecule has 0 fully saturated rings. The molecule has 1 atom stereocenters. The number of hydrogen-bond acceptors (Lipinski definition) is 7. The SMILES string of the molecule is CC(C)NCC(O)COc1cccc2c(NN)nncc12. The van der Waals surface area contributed by atoms with Gasteiger partial charge in [0.2, 0.25) is 0 Å². The van der Waals surface area contributed by atoms with E-state index in [-0.39, 0.29) is 6.61 Å². The van der Waals surface area contributed by atoms with Crippen molar-refractivity contribution in [3.63, 3.8) is 0 Å². The molecule has 0 aliphatic heterocycles. The van der Waals surface area contributed by atoms with Crippen LogP contribution >= 0.6 is 0 Å². The smallest absolute Gasteiger partial charge is 0.170 e. The third-order valence-electron chi connectivity index (χ3n) is 3.00. The molecule has 0 radical (unpaired) electrons. The Labute approximate surface area is 123 Å². The zero-order valence-corrected chi connectivity index (χ0v) is 12.2. The molecular weight excluding hydrogens is 270 g/mol. The van der Waals surface area contributed by atoms with Crippen molar-refractivity contribution in [1.29, 1.82) is 0 Å². The molecular formula is C14H21N5O2. The fourth-order valence-electron chi connectivity index (χ4n) is 1.93. The number of benzene rings is 1. The van der Waals surface area contributed by atoms with Gasteiger partial charge in [-0.2, -0.15) is 5.10 Å². The molecule has 21 heavy (non-hydrogen) atoms. The fourth-order valence-corrected chi connectivity index (χ4v) is 1.93. The Morgan fingerprint density at radius 3 is 2.86 bits per heavy atom. The molecule has 7 heteroatoms. The van der Waals surface area contributed by atoms with Crippen molar-refractivity contribution < 1.29 is 9.84 Å². The Morgan fingerprint density at radius 1 is 1.33 bits per heavy atom. The maximum atomic E-state index is 9.88. The number of aliphatic hydroxyl groups is 1. The number of nitrogens with zero attached hydrogens (tertiary/aromatic N) is 2. The van der Waals surface area contributed by atoms with Crippen molar-refractivity contribution in [2.75, 3.05) is 18.6 Å². The summed E-state index contributed by atoms with van der Waals surface area (Å²) in [5, 5.41) is 22.5. The second-order valence-corrected chi connectivity index (χ2v) is 5.08. The maximum Gasteiger partial charge on any atom is 0.170 e. The minimum absolute atomic E-state index is 0.201. The van der Waals surface area contributed by atoms with Gasteiger partial charge in [0, 0.05) is 23.4 Å². The molecule has 0 aliphatic rings. The Balaban J connectivity index is 2.09. The first kappa shape index (κ1) is 15.4. The molecule has 1 heterocycles. The van der Waals surface area contributed by atoms with Crippen LogP contribution in [0.2, 0.25) is 0 Å². The molecule has 0 amide bonds. The van der Waals surface area contributed by atoms with Crippen LogP contribution in [-0.4, -0.2) is 40.6 Å².